The number of aromatic nitrogens is 2. The molecule has 0 saturated carbocycles. The van der Waals surface area contributed by atoms with Gasteiger partial charge in [0.05, 0.1) is 12.2 Å². The van der Waals surface area contributed by atoms with Crippen molar-refractivity contribution in [3.63, 3.8) is 0 Å². The number of rotatable bonds is 4. The smallest absolute Gasteiger partial charge is 0.275 e. The van der Waals surface area contributed by atoms with Gasteiger partial charge in [-0.2, -0.15) is 5.10 Å². The number of hydrogen-bond donors (Lipinski definition) is 1. The largest absolute Gasteiger partial charge is 0.486 e. The third-order valence-corrected chi connectivity index (χ3v) is 4.15. The first-order chi connectivity index (χ1) is 13.6. The molecular formula is C20H16FN3O4. The number of ether oxygens (including phenoxy) is 2. The van der Waals surface area contributed by atoms with Crippen molar-refractivity contribution in [3.05, 3.63) is 82.5 Å². The number of nitrogens with one attached hydrogen (secondary N) is 1. The predicted molar refractivity (Wildman–Crippen MR) is 98.5 cm³/mol. The van der Waals surface area contributed by atoms with Crippen LogP contribution >= 0.6 is 0 Å². The van der Waals surface area contributed by atoms with Crippen molar-refractivity contribution in [3.8, 4) is 17.2 Å². The summed E-state index contributed by atoms with van der Waals surface area (Å²) >= 11 is 0. The van der Waals surface area contributed by atoms with Crippen LogP contribution in [0.1, 0.15) is 10.5 Å². The lowest BCUT2D eigenvalue weighted by molar-refractivity contribution is 0.0784. The molecule has 1 aliphatic heterocycles. The molecule has 1 unspecified atom stereocenters. The second-order valence-electron chi connectivity index (χ2n) is 6.16. The van der Waals surface area contributed by atoms with Gasteiger partial charge in [0.25, 0.3) is 5.91 Å². The first-order valence-corrected chi connectivity index (χ1v) is 8.63. The van der Waals surface area contributed by atoms with Gasteiger partial charge in [0, 0.05) is 12.3 Å². The number of para-hydroxylation sites is 2. The van der Waals surface area contributed by atoms with Gasteiger partial charge >= 0.3 is 0 Å². The summed E-state index contributed by atoms with van der Waals surface area (Å²) in [6.07, 6.45) is 0.983. The fraction of sp³-hybridized carbons (Fsp3) is 0.150. The van der Waals surface area contributed by atoms with Gasteiger partial charge < -0.3 is 14.8 Å². The second kappa shape index (κ2) is 7.51. The molecule has 0 bridgehead atoms. The number of fused-ring (bicyclic) bond motifs is 1. The molecule has 142 valence electrons. The van der Waals surface area contributed by atoms with E-state index in [2.05, 4.69) is 10.4 Å². The highest BCUT2D eigenvalue weighted by atomic mass is 19.1. The Kier molecular flexibility index (Phi) is 4.76. The van der Waals surface area contributed by atoms with Gasteiger partial charge in [0.15, 0.2) is 17.2 Å². The number of hydrogen-bond acceptors (Lipinski definition) is 5. The molecule has 1 amide bonds. The molecule has 0 aliphatic carbocycles. The highest BCUT2D eigenvalue weighted by molar-refractivity contribution is 5.92. The molecule has 28 heavy (non-hydrogen) atoms. The molecular weight excluding hydrogens is 365 g/mol. The Labute approximate surface area is 159 Å². The van der Waals surface area contributed by atoms with Crippen LogP contribution < -0.4 is 20.2 Å². The van der Waals surface area contributed by atoms with Crippen molar-refractivity contribution in [1.82, 2.24) is 15.1 Å². The first-order valence-electron chi connectivity index (χ1n) is 8.63. The van der Waals surface area contributed by atoms with E-state index in [1.54, 1.807) is 18.2 Å². The lowest BCUT2D eigenvalue weighted by Gasteiger charge is -2.26. The zero-order valence-electron chi connectivity index (χ0n) is 14.7. The van der Waals surface area contributed by atoms with Crippen LogP contribution in [0.4, 0.5) is 4.39 Å². The van der Waals surface area contributed by atoms with Crippen LogP contribution in [-0.2, 0) is 0 Å². The van der Waals surface area contributed by atoms with Crippen LogP contribution in [0.5, 0.6) is 11.5 Å². The molecule has 8 heteroatoms. The normalized spacial score (nSPS) is 15.1. The second-order valence-corrected chi connectivity index (χ2v) is 6.16. The summed E-state index contributed by atoms with van der Waals surface area (Å²) in [6.45, 7) is 0.413. The fourth-order valence-corrected chi connectivity index (χ4v) is 2.78. The number of carbonyl (C=O) groups is 1. The van der Waals surface area contributed by atoms with Gasteiger partial charge in [0.1, 0.15) is 18.5 Å². The van der Waals surface area contributed by atoms with Gasteiger partial charge in [0.2, 0.25) is 5.43 Å². The summed E-state index contributed by atoms with van der Waals surface area (Å²) in [5, 5.41) is 6.67. The summed E-state index contributed by atoms with van der Waals surface area (Å²) in [7, 11) is 0. The number of carbonyl (C=O) groups excluding carboxylic acids is 1. The van der Waals surface area contributed by atoms with E-state index in [0.717, 1.165) is 0 Å². The highest BCUT2D eigenvalue weighted by Gasteiger charge is 2.22. The maximum absolute atomic E-state index is 13.4. The number of amides is 1. The predicted octanol–water partition coefficient (Wildman–Crippen LogP) is 1.94. The molecule has 0 radical (unpaired) electrons. The summed E-state index contributed by atoms with van der Waals surface area (Å²) in [4.78, 5) is 24.5. The average molecular weight is 381 g/mol. The molecule has 2 aromatic carbocycles. The Morgan fingerprint density at radius 1 is 1.18 bits per heavy atom. The topological polar surface area (TPSA) is 82.4 Å². The minimum atomic E-state index is -0.641. The van der Waals surface area contributed by atoms with Crippen LogP contribution in [-0.4, -0.2) is 34.9 Å². The first kappa shape index (κ1) is 17.7. The van der Waals surface area contributed by atoms with Crippen molar-refractivity contribution in [1.29, 1.82) is 0 Å². The monoisotopic (exact) mass is 381 g/mol. The van der Waals surface area contributed by atoms with E-state index in [-0.39, 0.29) is 18.8 Å². The van der Waals surface area contributed by atoms with Gasteiger partial charge in [-0.15, -0.1) is 0 Å². The van der Waals surface area contributed by atoms with Crippen LogP contribution in [0.25, 0.3) is 5.69 Å². The van der Waals surface area contributed by atoms with E-state index in [1.165, 1.54) is 35.1 Å². The quantitative estimate of drug-likeness (QED) is 0.747. The van der Waals surface area contributed by atoms with Crippen LogP contribution in [0.2, 0.25) is 0 Å². The average Bonchev–Trinajstić information content (AvgIpc) is 2.72. The van der Waals surface area contributed by atoms with Gasteiger partial charge in [-0.25, -0.2) is 9.07 Å². The molecule has 0 spiro atoms. The van der Waals surface area contributed by atoms with E-state index < -0.39 is 23.3 Å². The highest BCUT2D eigenvalue weighted by Crippen LogP contribution is 2.30. The third-order valence-electron chi connectivity index (χ3n) is 4.15. The Hall–Kier alpha value is -3.68. The van der Waals surface area contributed by atoms with Crippen LogP contribution in [0.3, 0.4) is 0 Å². The maximum atomic E-state index is 13.4. The van der Waals surface area contributed by atoms with E-state index in [0.29, 0.717) is 17.2 Å². The van der Waals surface area contributed by atoms with Crippen molar-refractivity contribution < 1.29 is 18.7 Å². The molecule has 1 N–H and O–H groups in total. The summed E-state index contributed by atoms with van der Waals surface area (Å²) < 4.78 is 26.1. The number of benzene rings is 2. The van der Waals surface area contributed by atoms with Crippen molar-refractivity contribution in [2.75, 3.05) is 13.2 Å². The standard InChI is InChI=1S/C20H16FN3O4/c21-13-4-3-5-14(10-13)24-9-8-16(25)19(23-24)20(26)22-11-15-12-27-17-6-1-2-7-18(17)28-15/h1-10,15H,11-12H2,(H,22,26). The molecule has 1 atom stereocenters. The van der Waals surface area contributed by atoms with Crippen molar-refractivity contribution >= 4 is 5.91 Å². The zero-order valence-corrected chi connectivity index (χ0v) is 14.7. The SMILES string of the molecule is O=C(NCC1COc2ccccc2O1)c1nn(-c2cccc(F)c2)ccc1=O. The van der Waals surface area contributed by atoms with Crippen molar-refractivity contribution in [2.24, 2.45) is 0 Å². The van der Waals surface area contributed by atoms with E-state index in [4.69, 9.17) is 9.47 Å². The zero-order chi connectivity index (χ0) is 19.5. The maximum Gasteiger partial charge on any atom is 0.275 e. The Morgan fingerprint density at radius 3 is 2.82 bits per heavy atom. The summed E-state index contributed by atoms with van der Waals surface area (Å²) in [5.41, 5.74) is -0.421. The summed E-state index contributed by atoms with van der Waals surface area (Å²) in [6, 6.07) is 14.1. The molecule has 0 fully saturated rings. The Morgan fingerprint density at radius 2 is 2.00 bits per heavy atom. The molecule has 4 rings (SSSR count). The number of halogens is 1. The fourth-order valence-electron chi connectivity index (χ4n) is 2.78. The van der Waals surface area contributed by atoms with E-state index >= 15 is 0 Å². The van der Waals surface area contributed by atoms with Gasteiger partial charge in [-0.05, 0) is 30.3 Å². The van der Waals surface area contributed by atoms with Gasteiger partial charge in [-0.3, -0.25) is 9.59 Å². The molecule has 7 nitrogen and oxygen atoms in total. The molecule has 2 heterocycles. The summed E-state index contributed by atoms with van der Waals surface area (Å²) in [5.74, 6) is 0.156. The van der Waals surface area contributed by atoms with Crippen LogP contribution in [0, 0.1) is 5.82 Å². The Bertz CT molecular complexity index is 1080. The molecule has 1 aliphatic rings. The minimum absolute atomic E-state index is 0.142. The van der Waals surface area contributed by atoms with E-state index in [1.807, 2.05) is 12.1 Å². The lowest BCUT2D eigenvalue weighted by Crippen LogP contribution is -2.42. The van der Waals surface area contributed by atoms with Gasteiger partial charge in [-0.1, -0.05) is 18.2 Å². The molecule has 3 aromatic rings. The lowest BCUT2D eigenvalue weighted by atomic mass is 10.2. The molecule has 0 saturated heterocycles. The molecule has 1 aromatic heterocycles. The minimum Gasteiger partial charge on any atom is -0.486 e. The Balaban J connectivity index is 1.46. The van der Waals surface area contributed by atoms with E-state index in [9.17, 15) is 14.0 Å². The number of nitrogens with zero attached hydrogens (tertiary/aromatic N) is 2. The van der Waals surface area contributed by atoms with Crippen LogP contribution in [0.15, 0.2) is 65.6 Å². The van der Waals surface area contributed by atoms with Crippen molar-refractivity contribution in [2.45, 2.75) is 6.10 Å². The third kappa shape index (κ3) is 3.71.